The van der Waals surface area contributed by atoms with E-state index in [1.165, 1.54) is 4.68 Å². The number of phenolic OH excluding ortho intramolecular Hbond substituents is 1. The summed E-state index contributed by atoms with van der Waals surface area (Å²) in [5, 5.41) is 13.3. The van der Waals surface area contributed by atoms with Gasteiger partial charge in [0.25, 0.3) is 0 Å². The van der Waals surface area contributed by atoms with Crippen LogP contribution in [0.5, 0.6) is 5.75 Å². The minimum Gasteiger partial charge on any atom is -0.508 e. The smallest absolute Gasteiger partial charge is 0.218 e. The van der Waals surface area contributed by atoms with Gasteiger partial charge >= 0.3 is 0 Å². The Kier molecular flexibility index (Phi) is 2.97. The number of phenols is 1. The second kappa shape index (κ2) is 4.42. The van der Waals surface area contributed by atoms with Crippen molar-refractivity contribution in [2.75, 3.05) is 5.73 Å². The Labute approximate surface area is 98.9 Å². The molecule has 90 valence electrons. The van der Waals surface area contributed by atoms with E-state index in [9.17, 15) is 5.11 Å². The van der Waals surface area contributed by atoms with E-state index >= 15 is 0 Å². The predicted octanol–water partition coefficient (Wildman–Crippen LogP) is 0.345. The van der Waals surface area contributed by atoms with Gasteiger partial charge in [-0.15, -0.1) is 0 Å². The molecule has 0 aliphatic heterocycles. The first-order valence-corrected chi connectivity index (χ1v) is 5.26. The van der Waals surface area contributed by atoms with E-state index < -0.39 is 0 Å². The molecule has 0 spiro atoms. The van der Waals surface area contributed by atoms with Gasteiger partial charge in [-0.2, -0.15) is 10.1 Å². The van der Waals surface area contributed by atoms with E-state index in [1.54, 1.807) is 19.2 Å². The lowest BCUT2D eigenvalue weighted by atomic mass is 10.1. The van der Waals surface area contributed by atoms with Crippen molar-refractivity contribution in [3.63, 3.8) is 0 Å². The third-order valence-electron chi connectivity index (χ3n) is 2.54. The second-order valence-corrected chi connectivity index (χ2v) is 3.93. The topological polar surface area (TPSA) is 103 Å². The molecule has 5 N–H and O–H groups in total. The van der Waals surface area contributed by atoms with Crippen LogP contribution in [-0.2, 0) is 13.5 Å². The van der Waals surface area contributed by atoms with Crippen LogP contribution in [0.3, 0.4) is 0 Å². The number of nitrogens with zero attached hydrogens (tertiary/aromatic N) is 3. The largest absolute Gasteiger partial charge is 0.508 e. The monoisotopic (exact) mass is 233 g/mol. The van der Waals surface area contributed by atoms with E-state index in [-0.39, 0.29) is 11.8 Å². The van der Waals surface area contributed by atoms with Gasteiger partial charge < -0.3 is 16.6 Å². The highest BCUT2D eigenvalue weighted by Gasteiger charge is 2.13. The summed E-state index contributed by atoms with van der Waals surface area (Å²) in [5.74, 6) is 1.11. The summed E-state index contributed by atoms with van der Waals surface area (Å²) in [7, 11) is 1.72. The van der Waals surface area contributed by atoms with Gasteiger partial charge in [-0.3, -0.25) is 0 Å². The molecule has 1 heterocycles. The summed E-state index contributed by atoms with van der Waals surface area (Å²) in [6.07, 6.45) is 0.601. The zero-order valence-corrected chi connectivity index (χ0v) is 9.54. The van der Waals surface area contributed by atoms with E-state index in [4.69, 9.17) is 11.5 Å². The number of rotatable bonds is 3. The van der Waals surface area contributed by atoms with Crippen LogP contribution in [0.4, 0.5) is 5.95 Å². The SMILES string of the molecule is Cn1nc([C@H](N)Cc2ccc(O)cc2)nc1N. The van der Waals surface area contributed by atoms with Crippen LogP contribution >= 0.6 is 0 Å². The third-order valence-corrected chi connectivity index (χ3v) is 2.54. The molecule has 6 heteroatoms. The Morgan fingerprint density at radius 1 is 1.35 bits per heavy atom. The van der Waals surface area contributed by atoms with Crippen molar-refractivity contribution < 1.29 is 5.11 Å². The maximum atomic E-state index is 9.17. The normalized spacial score (nSPS) is 12.6. The molecule has 0 radical (unpaired) electrons. The maximum absolute atomic E-state index is 9.17. The lowest BCUT2D eigenvalue weighted by Gasteiger charge is -2.07. The molecular formula is C11H15N5O. The first kappa shape index (κ1) is 11.4. The number of anilines is 1. The number of hydrogen-bond donors (Lipinski definition) is 3. The molecule has 2 rings (SSSR count). The molecule has 0 saturated heterocycles. The second-order valence-electron chi connectivity index (χ2n) is 3.93. The Hall–Kier alpha value is -2.08. The molecule has 6 nitrogen and oxygen atoms in total. The molecule has 0 amide bonds. The van der Waals surface area contributed by atoms with Crippen molar-refractivity contribution >= 4 is 5.95 Å². The standard InChI is InChI=1S/C11H15N5O/c1-16-11(13)14-10(15-16)9(12)6-7-2-4-8(17)5-3-7/h2-5,9,17H,6,12H2,1H3,(H2,13,14,15)/t9-/m1/s1. The van der Waals surface area contributed by atoms with Gasteiger partial charge in [-0.05, 0) is 24.1 Å². The van der Waals surface area contributed by atoms with Crippen molar-refractivity contribution in [3.8, 4) is 5.75 Å². The van der Waals surface area contributed by atoms with Crippen molar-refractivity contribution in [1.29, 1.82) is 0 Å². The van der Waals surface area contributed by atoms with Gasteiger partial charge in [0.15, 0.2) is 5.82 Å². The number of nitrogens with two attached hydrogens (primary N) is 2. The summed E-state index contributed by atoms with van der Waals surface area (Å²) in [5.41, 5.74) is 12.6. The Morgan fingerprint density at radius 3 is 2.53 bits per heavy atom. The molecular weight excluding hydrogens is 218 g/mol. The number of aryl methyl sites for hydroxylation is 1. The van der Waals surface area contributed by atoms with Crippen LogP contribution in [0.2, 0.25) is 0 Å². The molecule has 0 unspecified atom stereocenters. The van der Waals surface area contributed by atoms with Gasteiger partial charge in [0, 0.05) is 7.05 Å². The summed E-state index contributed by atoms with van der Waals surface area (Å²) in [6.45, 7) is 0. The highest BCUT2D eigenvalue weighted by Crippen LogP contribution is 2.16. The molecule has 0 aliphatic carbocycles. The van der Waals surface area contributed by atoms with Crippen LogP contribution in [0, 0.1) is 0 Å². The predicted molar refractivity (Wildman–Crippen MR) is 64.2 cm³/mol. The Morgan fingerprint density at radius 2 is 2.00 bits per heavy atom. The molecule has 0 aliphatic rings. The molecule has 1 aromatic carbocycles. The van der Waals surface area contributed by atoms with E-state index in [0.717, 1.165) is 5.56 Å². The number of aromatic hydroxyl groups is 1. The molecule has 0 fully saturated rings. The van der Waals surface area contributed by atoms with E-state index in [2.05, 4.69) is 10.1 Å². The van der Waals surface area contributed by atoms with Crippen molar-refractivity contribution in [1.82, 2.24) is 14.8 Å². The number of benzene rings is 1. The van der Waals surface area contributed by atoms with Gasteiger partial charge in [0.1, 0.15) is 5.75 Å². The zero-order chi connectivity index (χ0) is 12.4. The summed E-state index contributed by atoms with van der Waals surface area (Å²) < 4.78 is 1.49. The molecule has 0 bridgehead atoms. The average Bonchev–Trinajstić information content (AvgIpc) is 2.63. The minimum absolute atomic E-state index is 0.238. The average molecular weight is 233 g/mol. The third kappa shape index (κ3) is 2.54. The van der Waals surface area contributed by atoms with Crippen LogP contribution in [0.15, 0.2) is 24.3 Å². The highest BCUT2D eigenvalue weighted by molar-refractivity contribution is 5.27. The van der Waals surface area contributed by atoms with Gasteiger partial charge in [0.2, 0.25) is 5.95 Å². The van der Waals surface area contributed by atoms with Crippen LogP contribution in [-0.4, -0.2) is 19.9 Å². The highest BCUT2D eigenvalue weighted by atomic mass is 16.3. The molecule has 2 aromatic rings. The Balaban J connectivity index is 2.11. The molecule has 17 heavy (non-hydrogen) atoms. The fourth-order valence-electron chi connectivity index (χ4n) is 1.55. The van der Waals surface area contributed by atoms with Gasteiger partial charge in [-0.25, -0.2) is 4.68 Å². The summed E-state index contributed by atoms with van der Waals surface area (Å²) in [6, 6.07) is 6.59. The number of nitrogen functional groups attached to an aromatic ring is 1. The number of aromatic nitrogens is 3. The summed E-state index contributed by atoms with van der Waals surface area (Å²) in [4.78, 5) is 4.08. The lowest BCUT2D eigenvalue weighted by Crippen LogP contribution is -2.15. The zero-order valence-electron chi connectivity index (χ0n) is 9.54. The van der Waals surface area contributed by atoms with Crippen molar-refractivity contribution in [2.24, 2.45) is 12.8 Å². The van der Waals surface area contributed by atoms with Crippen LogP contribution in [0.25, 0.3) is 0 Å². The fourth-order valence-corrected chi connectivity index (χ4v) is 1.55. The maximum Gasteiger partial charge on any atom is 0.218 e. The molecule has 1 aromatic heterocycles. The summed E-state index contributed by atoms with van der Waals surface area (Å²) >= 11 is 0. The van der Waals surface area contributed by atoms with E-state index in [1.807, 2.05) is 12.1 Å². The molecule has 1 atom stereocenters. The van der Waals surface area contributed by atoms with Crippen LogP contribution in [0.1, 0.15) is 17.4 Å². The number of hydrogen-bond acceptors (Lipinski definition) is 5. The minimum atomic E-state index is -0.303. The Bertz CT molecular complexity index is 486. The fraction of sp³-hybridized carbons (Fsp3) is 0.273. The van der Waals surface area contributed by atoms with Gasteiger partial charge in [0.05, 0.1) is 6.04 Å². The molecule has 0 saturated carbocycles. The lowest BCUT2D eigenvalue weighted by molar-refractivity contribution is 0.475. The van der Waals surface area contributed by atoms with E-state index in [0.29, 0.717) is 18.2 Å². The quantitative estimate of drug-likeness (QED) is 0.709. The first-order chi connectivity index (χ1) is 8.06. The van der Waals surface area contributed by atoms with Crippen LogP contribution < -0.4 is 11.5 Å². The first-order valence-electron chi connectivity index (χ1n) is 5.26. The van der Waals surface area contributed by atoms with Crippen molar-refractivity contribution in [3.05, 3.63) is 35.7 Å². The van der Waals surface area contributed by atoms with Gasteiger partial charge in [-0.1, -0.05) is 12.1 Å². The van der Waals surface area contributed by atoms with Crippen molar-refractivity contribution in [2.45, 2.75) is 12.5 Å².